The smallest absolute Gasteiger partial charge is 0.336 e. The number of ether oxygens (including phenoxy) is 1. The summed E-state index contributed by atoms with van der Waals surface area (Å²) in [4.78, 5) is 12.6. The molecule has 0 radical (unpaired) electrons. The number of fused-ring (bicyclic) bond motifs is 2. The number of aliphatic hydroxyl groups is 1. The average molecular weight is 407 g/mol. The Morgan fingerprint density at radius 3 is 2.59 bits per heavy atom. The van der Waals surface area contributed by atoms with E-state index in [1.807, 2.05) is 0 Å². The molecule has 0 bridgehead atoms. The number of benzene rings is 2. The number of anilines is 1. The summed E-state index contributed by atoms with van der Waals surface area (Å²) in [6, 6.07) is 9.70. The fourth-order valence-electron chi connectivity index (χ4n) is 3.52. The van der Waals surface area contributed by atoms with Crippen molar-refractivity contribution in [2.75, 3.05) is 5.32 Å². The third-order valence-electron chi connectivity index (χ3n) is 4.68. The first kappa shape index (κ1) is 18.8. The molecule has 1 aliphatic carbocycles. The molecule has 0 spiro atoms. The molecule has 0 fully saturated rings. The largest absolute Gasteiger partial charge is 0.508 e. The van der Waals surface area contributed by atoms with E-state index >= 15 is 0 Å². The lowest BCUT2D eigenvalue weighted by Crippen LogP contribution is -2.25. The number of hydrogen-bond donors (Lipinski definition) is 4. The van der Waals surface area contributed by atoms with Crippen LogP contribution in [0.1, 0.15) is 28.4 Å². The summed E-state index contributed by atoms with van der Waals surface area (Å²) >= 11 is 5.05. The number of phenols is 1. The number of allylic oxidation sites excluding steroid dienone is 1. The fourth-order valence-corrected chi connectivity index (χ4v) is 3.64. The molecule has 0 saturated heterocycles. The van der Waals surface area contributed by atoms with Crippen LogP contribution in [0.25, 0.3) is 5.57 Å². The summed E-state index contributed by atoms with van der Waals surface area (Å²) in [7, 11) is 0. The number of rotatable bonds is 3. The molecule has 0 aromatic heterocycles. The van der Waals surface area contributed by atoms with Gasteiger partial charge in [-0.1, -0.05) is 24.4 Å². The molecule has 1 unspecified atom stereocenters. The maximum atomic E-state index is 12.1. The van der Waals surface area contributed by atoms with E-state index in [4.69, 9.17) is 17.0 Å². The number of aromatic hydroxyl groups is 1. The van der Waals surface area contributed by atoms with E-state index < -0.39 is 12.1 Å². The second kappa shape index (κ2) is 7.10. The monoisotopic (exact) mass is 407 g/mol. The highest BCUT2D eigenvalue weighted by Gasteiger charge is 2.31. The normalized spacial score (nSPS) is 17.0. The minimum absolute atomic E-state index is 0.0283. The Bertz CT molecular complexity index is 1150. The molecule has 146 valence electrons. The van der Waals surface area contributed by atoms with Crippen molar-refractivity contribution in [1.29, 1.82) is 0 Å². The van der Waals surface area contributed by atoms with Crippen molar-refractivity contribution in [2.45, 2.75) is 13.0 Å². The zero-order valence-electron chi connectivity index (χ0n) is 15.3. The Kier molecular flexibility index (Phi) is 4.60. The van der Waals surface area contributed by atoms with Gasteiger partial charge in [-0.25, -0.2) is 4.79 Å². The molecule has 29 heavy (non-hydrogen) atoms. The number of carboxylic acids is 1. The summed E-state index contributed by atoms with van der Waals surface area (Å²) in [6.45, 7) is 1.71. The van der Waals surface area contributed by atoms with Crippen LogP contribution < -0.4 is 10.1 Å². The molecule has 1 aliphatic heterocycles. The lowest BCUT2D eigenvalue weighted by atomic mass is 9.84. The van der Waals surface area contributed by atoms with Crippen LogP contribution in [0.4, 0.5) is 5.69 Å². The number of nitrogens with one attached hydrogen (secondary N) is 1. The Balaban J connectivity index is 1.98. The predicted octanol–water partition coefficient (Wildman–Crippen LogP) is 4.42. The molecule has 7 heteroatoms. The maximum absolute atomic E-state index is 12.1. The minimum atomic E-state index is -1.08. The van der Waals surface area contributed by atoms with Crippen LogP contribution in [0, 0.1) is 0 Å². The van der Waals surface area contributed by atoms with Gasteiger partial charge in [0.1, 0.15) is 23.4 Å². The minimum Gasteiger partial charge on any atom is -0.508 e. The van der Waals surface area contributed by atoms with Crippen molar-refractivity contribution in [3.05, 3.63) is 82.6 Å². The fraction of sp³-hybridized carbons (Fsp3) is 0.0909. The van der Waals surface area contributed by atoms with Crippen LogP contribution in [0.5, 0.6) is 11.5 Å². The van der Waals surface area contributed by atoms with Crippen LogP contribution in [0.15, 0.2) is 66.0 Å². The molecule has 1 heterocycles. The van der Waals surface area contributed by atoms with Crippen molar-refractivity contribution >= 4 is 34.4 Å². The molecule has 4 rings (SSSR count). The van der Waals surface area contributed by atoms with Crippen LogP contribution >= 0.6 is 12.2 Å². The zero-order chi connectivity index (χ0) is 20.7. The van der Waals surface area contributed by atoms with E-state index in [0.717, 1.165) is 5.57 Å². The first-order valence-electron chi connectivity index (χ1n) is 8.82. The molecule has 0 amide bonds. The van der Waals surface area contributed by atoms with E-state index in [1.165, 1.54) is 30.4 Å². The Labute approximate surface area is 172 Å². The van der Waals surface area contributed by atoms with Crippen LogP contribution in [-0.4, -0.2) is 32.4 Å². The summed E-state index contributed by atoms with van der Waals surface area (Å²) in [6.07, 6.45) is 4.18. The third kappa shape index (κ3) is 3.48. The summed E-state index contributed by atoms with van der Waals surface area (Å²) in [5, 5.41) is 32.6. The molecule has 4 N–H and O–H groups in total. The molecule has 0 saturated carbocycles. The van der Waals surface area contributed by atoms with Gasteiger partial charge in [0.25, 0.3) is 0 Å². The topological polar surface area (TPSA) is 99.0 Å². The van der Waals surface area contributed by atoms with Gasteiger partial charge < -0.3 is 25.4 Å². The van der Waals surface area contributed by atoms with Gasteiger partial charge in [0.05, 0.1) is 10.6 Å². The SMILES string of the molecule is CC(=S)Nc1ccc(C2=C3C=CC(O)=CC3Oc3cc(O)ccc32)c(C(=O)O)c1. The summed E-state index contributed by atoms with van der Waals surface area (Å²) in [5.74, 6) is -0.599. The van der Waals surface area contributed by atoms with Crippen molar-refractivity contribution in [2.24, 2.45) is 0 Å². The van der Waals surface area contributed by atoms with Crippen LogP contribution in [0.3, 0.4) is 0 Å². The standard InChI is InChI=1S/C22H17NO5S/c1-11(29)23-12-2-5-15(18(8-12)22(26)27)21-16-6-3-13(24)9-19(16)28-20-10-14(25)4-7-17(20)21/h2-10,19,24-25H,1H3,(H,23,29)(H,26,27). The summed E-state index contributed by atoms with van der Waals surface area (Å²) in [5.41, 5.74) is 3.22. The second-order valence-electron chi connectivity index (χ2n) is 6.72. The van der Waals surface area contributed by atoms with Gasteiger partial charge in [-0.05, 0) is 42.8 Å². The molecule has 6 nitrogen and oxygen atoms in total. The highest BCUT2D eigenvalue weighted by Crippen LogP contribution is 2.44. The predicted molar refractivity (Wildman–Crippen MR) is 114 cm³/mol. The number of carboxylic acid groups (broad SMARTS) is 1. The van der Waals surface area contributed by atoms with Gasteiger partial charge in [-0.2, -0.15) is 0 Å². The molecule has 2 aromatic carbocycles. The Morgan fingerprint density at radius 2 is 1.86 bits per heavy atom. The van der Waals surface area contributed by atoms with E-state index in [1.54, 1.807) is 31.2 Å². The lowest BCUT2D eigenvalue weighted by Gasteiger charge is -2.31. The van der Waals surface area contributed by atoms with Crippen molar-refractivity contribution < 1.29 is 24.9 Å². The highest BCUT2D eigenvalue weighted by atomic mass is 32.1. The maximum Gasteiger partial charge on any atom is 0.336 e. The van der Waals surface area contributed by atoms with Gasteiger partial charge in [0, 0.05) is 34.5 Å². The van der Waals surface area contributed by atoms with Gasteiger partial charge >= 0.3 is 5.97 Å². The van der Waals surface area contributed by atoms with Crippen molar-refractivity contribution in [3.8, 4) is 11.5 Å². The molecular weight excluding hydrogens is 390 g/mol. The van der Waals surface area contributed by atoms with E-state index in [0.29, 0.717) is 33.1 Å². The van der Waals surface area contributed by atoms with Gasteiger partial charge in [0.15, 0.2) is 0 Å². The Morgan fingerprint density at radius 1 is 1.10 bits per heavy atom. The quantitative estimate of drug-likeness (QED) is 0.559. The molecule has 2 aromatic rings. The van der Waals surface area contributed by atoms with Gasteiger partial charge in [-0.3, -0.25) is 0 Å². The number of aliphatic hydroxyl groups excluding tert-OH is 1. The average Bonchev–Trinajstić information content (AvgIpc) is 2.65. The molecule has 2 aliphatic rings. The van der Waals surface area contributed by atoms with Gasteiger partial charge in [0.2, 0.25) is 0 Å². The number of carbonyl (C=O) groups is 1. The molecule has 1 atom stereocenters. The second-order valence-corrected chi connectivity index (χ2v) is 7.33. The van der Waals surface area contributed by atoms with Crippen molar-refractivity contribution in [3.63, 3.8) is 0 Å². The number of hydrogen-bond acceptors (Lipinski definition) is 5. The molecular formula is C22H17NO5S. The van der Waals surface area contributed by atoms with Crippen LogP contribution in [0.2, 0.25) is 0 Å². The van der Waals surface area contributed by atoms with Crippen LogP contribution in [-0.2, 0) is 0 Å². The zero-order valence-corrected chi connectivity index (χ0v) is 16.2. The highest BCUT2D eigenvalue weighted by molar-refractivity contribution is 7.80. The first-order valence-corrected chi connectivity index (χ1v) is 9.22. The van der Waals surface area contributed by atoms with E-state index in [9.17, 15) is 20.1 Å². The van der Waals surface area contributed by atoms with Gasteiger partial charge in [-0.15, -0.1) is 0 Å². The number of thiocarbonyl (C=S) groups is 1. The third-order valence-corrected chi connectivity index (χ3v) is 4.78. The first-order chi connectivity index (χ1) is 13.8. The Hall–Kier alpha value is -3.58. The van der Waals surface area contributed by atoms with Crippen molar-refractivity contribution in [1.82, 2.24) is 0 Å². The van der Waals surface area contributed by atoms with E-state index in [2.05, 4.69) is 5.32 Å². The number of phenolic OH excluding ortho intramolecular Hbond substituents is 1. The lowest BCUT2D eigenvalue weighted by molar-refractivity contribution is 0.0696. The summed E-state index contributed by atoms with van der Waals surface area (Å²) < 4.78 is 5.93. The van der Waals surface area contributed by atoms with E-state index in [-0.39, 0.29) is 17.1 Å². The number of aromatic carboxylic acids is 1.